The molecule has 1 heterocycles. The molecular formula is C25H28N2O6S. The second kappa shape index (κ2) is 12.1. The van der Waals surface area contributed by atoms with Gasteiger partial charge in [0.2, 0.25) is 5.91 Å². The smallest absolute Gasteiger partial charge is 0.293 e. The van der Waals surface area contributed by atoms with Crippen LogP contribution in [0.3, 0.4) is 0 Å². The van der Waals surface area contributed by atoms with Crippen LogP contribution in [0.5, 0.6) is 17.2 Å². The van der Waals surface area contributed by atoms with Gasteiger partial charge in [0.15, 0.2) is 11.5 Å². The van der Waals surface area contributed by atoms with Gasteiger partial charge in [-0.15, -0.1) is 0 Å². The standard InChI is InChI=1S/C25H28N2O6S/c1-4-33-20-11-7-18(15-21(20)32-3)16-22-24(29)27(25(30)34-22)14-13-26-23(28)12-8-17-5-9-19(31-2)10-6-17/h5-7,9-11,15-16H,4,8,12-14H2,1-3H3,(H,26,28). The van der Waals surface area contributed by atoms with Crippen molar-refractivity contribution < 1.29 is 28.6 Å². The fourth-order valence-electron chi connectivity index (χ4n) is 3.34. The molecule has 0 unspecified atom stereocenters. The van der Waals surface area contributed by atoms with Crippen LogP contribution < -0.4 is 19.5 Å². The summed E-state index contributed by atoms with van der Waals surface area (Å²) in [4.78, 5) is 38.7. The molecule has 34 heavy (non-hydrogen) atoms. The minimum atomic E-state index is -0.379. The number of hydrogen-bond acceptors (Lipinski definition) is 7. The van der Waals surface area contributed by atoms with Crippen molar-refractivity contribution in [1.29, 1.82) is 0 Å². The highest BCUT2D eigenvalue weighted by molar-refractivity contribution is 8.18. The lowest BCUT2D eigenvalue weighted by molar-refractivity contribution is -0.124. The van der Waals surface area contributed by atoms with E-state index in [1.54, 1.807) is 38.5 Å². The van der Waals surface area contributed by atoms with Gasteiger partial charge in [-0.3, -0.25) is 19.3 Å². The van der Waals surface area contributed by atoms with Crippen LogP contribution in [0.25, 0.3) is 6.08 Å². The fraction of sp³-hybridized carbons (Fsp3) is 0.320. The van der Waals surface area contributed by atoms with Gasteiger partial charge in [0.1, 0.15) is 5.75 Å². The highest BCUT2D eigenvalue weighted by Gasteiger charge is 2.34. The molecule has 3 amide bonds. The normalized spacial score (nSPS) is 14.4. The average Bonchev–Trinajstić information content (AvgIpc) is 3.11. The zero-order valence-corrected chi connectivity index (χ0v) is 20.3. The number of thioether (sulfide) groups is 1. The molecule has 0 aromatic heterocycles. The summed E-state index contributed by atoms with van der Waals surface area (Å²) in [5.74, 6) is 1.40. The summed E-state index contributed by atoms with van der Waals surface area (Å²) in [6.45, 7) is 2.70. The second-order valence-corrected chi connectivity index (χ2v) is 8.37. The number of carbonyl (C=O) groups is 3. The first kappa shape index (κ1) is 25.2. The third kappa shape index (κ3) is 6.54. The molecule has 0 bridgehead atoms. The van der Waals surface area contributed by atoms with Crippen molar-refractivity contribution in [2.24, 2.45) is 0 Å². The molecule has 180 valence electrons. The van der Waals surface area contributed by atoms with Crippen molar-refractivity contribution in [3.05, 3.63) is 58.5 Å². The first-order valence-electron chi connectivity index (χ1n) is 10.9. The molecular weight excluding hydrogens is 456 g/mol. The van der Waals surface area contributed by atoms with Gasteiger partial charge in [0.05, 0.1) is 25.7 Å². The van der Waals surface area contributed by atoms with Crippen molar-refractivity contribution in [2.75, 3.05) is 33.9 Å². The van der Waals surface area contributed by atoms with E-state index >= 15 is 0 Å². The Bertz CT molecular complexity index is 1070. The minimum absolute atomic E-state index is 0.114. The Morgan fingerprint density at radius 2 is 1.82 bits per heavy atom. The maximum absolute atomic E-state index is 12.7. The SMILES string of the molecule is CCOc1ccc(C=C2SC(=O)N(CCNC(=O)CCc3ccc(OC)cc3)C2=O)cc1OC. The van der Waals surface area contributed by atoms with Crippen LogP contribution in [-0.2, 0) is 16.0 Å². The van der Waals surface area contributed by atoms with Crippen LogP contribution in [0.2, 0.25) is 0 Å². The van der Waals surface area contributed by atoms with Gasteiger partial charge in [-0.25, -0.2) is 0 Å². The van der Waals surface area contributed by atoms with E-state index in [4.69, 9.17) is 14.2 Å². The largest absolute Gasteiger partial charge is 0.497 e. The maximum atomic E-state index is 12.7. The van der Waals surface area contributed by atoms with Crippen molar-refractivity contribution in [2.45, 2.75) is 19.8 Å². The summed E-state index contributed by atoms with van der Waals surface area (Å²) >= 11 is 0.877. The van der Waals surface area contributed by atoms with Gasteiger partial charge in [-0.2, -0.15) is 0 Å². The predicted octanol–water partition coefficient (Wildman–Crippen LogP) is 3.89. The number of hydrogen-bond donors (Lipinski definition) is 1. The first-order valence-corrected chi connectivity index (χ1v) is 11.7. The summed E-state index contributed by atoms with van der Waals surface area (Å²) in [5.41, 5.74) is 1.75. The maximum Gasteiger partial charge on any atom is 0.293 e. The summed E-state index contributed by atoms with van der Waals surface area (Å²) in [7, 11) is 3.15. The number of methoxy groups -OCH3 is 2. The van der Waals surface area contributed by atoms with E-state index in [0.717, 1.165) is 33.5 Å². The van der Waals surface area contributed by atoms with Crippen LogP contribution in [0.4, 0.5) is 4.79 Å². The van der Waals surface area contributed by atoms with Gasteiger partial charge in [-0.1, -0.05) is 18.2 Å². The lowest BCUT2D eigenvalue weighted by atomic mass is 10.1. The molecule has 1 aliphatic heterocycles. The zero-order valence-electron chi connectivity index (χ0n) is 19.5. The lowest BCUT2D eigenvalue weighted by Crippen LogP contribution is -2.37. The van der Waals surface area contributed by atoms with E-state index in [0.29, 0.717) is 35.9 Å². The zero-order chi connectivity index (χ0) is 24.5. The van der Waals surface area contributed by atoms with Gasteiger partial charge in [0.25, 0.3) is 11.1 Å². The fourth-order valence-corrected chi connectivity index (χ4v) is 4.20. The van der Waals surface area contributed by atoms with Crippen LogP contribution in [-0.4, -0.2) is 55.9 Å². The van der Waals surface area contributed by atoms with E-state index in [2.05, 4.69) is 5.32 Å². The van der Waals surface area contributed by atoms with Crippen LogP contribution in [0, 0.1) is 0 Å². The van der Waals surface area contributed by atoms with Gasteiger partial charge < -0.3 is 19.5 Å². The molecule has 0 atom stereocenters. The molecule has 0 spiro atoms. The van der Waals surface area contributed by atoms with E-state index in [-0.39, 0.29) is 30.1 Å². The number of nitrogens with one attached hydrogen (secondary N) is 1. The van der Waals surface area contributed by atoms with Crippen LogP contribution >= 0.6 is 11.8 Å². The van der Waals surface area contributed by atoms with E-state index in [1.165, 1.54) is 0 Å². The Morgan fingerprint density at radius 3 is 2.50 bits per heavy atom. The third-order valence-electron chi connectivity index (χ3n) is 5.12. The number of nitrogens with zero attached hydrogens (tertiary/aromatic N) is 1. The summed E-state index contributed by atoms with van der Waals surface area (Å²) in [5, 5.41) is 2.41. The Morgan fingerprint density at radius 1 is 1.06 bits per heavy atom. The number of carbonyl (C=O) groups excluding carboxylic acids is 3. The number of benzene rings is 2. The summed E-state index contributed by atoms with van der Waals surface area (Å²) < 4.78 is 16.0. The molecule has 3 rings (SSSR count). The van der Waals surface area contributed by atoms with Crippen LogP contribution in [0.15, 0.2) is 47.4 Å². The molecule has 0 aliphatic carbocycles. The molecule has 2 aromatic carbocycles. The molecule has 1 N–H and O–H groups in total. The van der Waals surface area contributed by atoms with Crippen molar-refractivity contribution in [3.63, 3.8) is 0 Å². The second-order valence-electron chi connectivity index (χ2n) is 7.37. The lowest BCUT2D eigenvalue weighted by Gasteiger charge is -2.13. The predicted molar refractivity (Wildman–Crippen MR) is 131 cm³/mol. The molecule has 8 nitrogen and oxygen atoms in total. The van der Waals surface area contributed by atoms with Gasteiger partial charge in [0, 0.05) is 19.5 Å². The quantitative estimate of drug-likeness (QED) is 0.484. The number of ether oxygens (including phenoxy) is 3. The Kier molecular flexibility index (Phi) is 8.98. The third-order valence-corrected chi connectivity index (χ3v) is 6.02. The Labute approximate surface area is 203 Å². The summed E-state index contributed by atoms with van der Waals surface area (Å²) in [6, 6.07) is 12.8. The van der Waals surface area contributed by atoms with E-state index in [1.807, 2.05) is 31.2 Å². The highest BCUT2D eigenvalue weighted by Crippen LogP contribution is 2.34. The van der Waals surface area contributed by atoms with Crippen molar-refractivity contribution in [1.82, 2.24) is 10.2 Å². The number of amides is 3. The molecule has 0 radical (unpaired) electrons. The molecule has 9 heteroatoms. The molecule has 1 fully saturated rings. The van der Waals surface area contributed by atoms with Crippen LogP contribution in [0.1, 0.15) is 24.5 Å². The minimum Gasteiger partial charge on any atom is -0.497 e. The number of aryl methyl sites for hydroxylation is 1. The molecule has 2 aromatic rings. The first-order chi connectivity index (χ1) is 16.4. The average molecular weight is 485 g/mol. The number of imide groups is 1. The van der Waals surface area contributed by atoms with E-state index in [9.17, 15) is 14.4 Å². The van der Waals surface area contributed by atoms with Gasteiger partial charge >= 0.3 is 0 Å². The summed E-state index contributed by atoms with van der Waals surface area (Å²) in [6.07, 6.45) is 2.55. The van der Waals surface area contributed by atoms with Gasteiger partial charge in [-0.05, 0) is 66.6 Å². The monoisotopic (exact) mass is 484 g/mol. The van der Waals surface area contributed by atoms with Crippen molar-refractivity contribution >= 4 is 34.9 Å². The molecule has 1 aliphatic rings. The molecule has 1 saturated heterocycles. The molecule has 0 saturated carbocycles. The van der Waals surface area contributed by atoms with Crippen molar-refractivity contribution in [3.8, 4) is 17.2 Å². The van der Waals surface area contributed by atoms with E-state index < -0.39 is 0 Å². The Balaban J connectivity index is 1.51. The highest BCUT2D eigenvalue weighted by atomic mass is 32.2. The topological polar surface area (TPSA) is 94.2 Å². The Hall–Kier alpha value is -3.46. The number of rotatable bonds is 11.